The first kappa shape index (κ1) is 14.6. The van der Waals surface area contributed by atoms with Crippen molar-refractivity contribution in [3.8, 4) is 0 Å². The monoisotopic (exact) mass is 274 g/mol. The molecule has 1 amide bonds. The lowest BCUT2D eigenvalue weighted by molar-refractivity contribution is -0.120. The Labute approximate surface area is 119 Å². The van der Waals surface area contributed by atoms with Gasteiger partial charge >= 0.3 is 0 Å². The van der Waals surface area contributed by atoms with Crippen LogP contribution in [0.4, 0.5) is 0 Å². The number of aryl methyl sites for hydroxylation is 1. The number of nitrogens with one attached hydrogen (secondary N) is 2. The van der Waals surface area contributed by atoms with E-state index in [4.69, 9.17) is 0 Å². The third-order valence-corrected chi connectivity index (χ3v) is 3.52. The number of para-hydroxylation sites is 1. The van der Waals surface area contributed by atoms with Crippen LogP contribution in [0, 0.1) is 6.92 Å². The fourth-order valence-corrected chi connectivity index (χ4v) is 2.41. The zero-order valence-corrected chi connectivity index (χ0v) is 12.1. The Morgan fingerprint density at radius 3 is 3.00 bits per heavy atom. The topological polar surface area (TPSA) is 65.1 Å². The zero-order chi connectivity index (χ0) is 14.5. The molecule has 3 N–H and O–H groups in total. The number of aromatic nitrogens is 1. The number of aliphatic hydroxyl groups is 1. The average molecular weight is 274 g/mol. The first-order valence-corrected chi connectivity index (χ1v) is 7.12. The van der Waals surface area contributed by atoms with E-state index in [0.717, 1.165) is 22.9 Å². The summed E-state index contributed by atoms with van der Waals surface area (Å²) < 4.78 is 0. The molecule has 1 aromatic carbocycles. The van der Waals surface area contributed by atoms with E-state index in [-0.39, 0.29) is 5.91 Å². The summed E-state index contributed by atoms with van der Waals surface area (Å²) in [6.07, 6.45) is 3.40. The number of H-pyrrole nitrogens is 1. The van der Waals surface area contributed by atoms with E-state index in [1.54, 1.807) is 0 Å². The summed E-state index contributed by atoms with van der Waals surface area (Å²) in [6, 6.07) is 6.06. The van der Waals surface area contributed by atoms with E-state index in [1.165, 1.54) is 5.56 Å². The van der Waals surface area contributed by atoms with Crippen molar-refractivity contribution in [2.75, 3.05) is 6.54 Å². The van der Waals surface area contributed by atoms with Crippen molar-refractivity contribution in [3.63, 3.8) is 0 Å². The van der Waals surface area contributed by atoms with Gasteiger partial charge in [0.05, 0.1) is 12.5 Å². The Morgan fingerprint density at radius 2 is 2.25 bits per heavy atom. The summed E-state index contributed by atoms with van der Waals surface area (Å²) in [4.78, 5) is 15.1. The molecule has 1 atom stereocenters. The largest absolute Gasteiger partial charge is 0.391 e. The number of hydrogen-bond acceptors (Lipinski definition) is 2. The molecule has 4 heteroatoms. The molecular weight excluding hydrogens is 252 g/mol. The molecule has 0 saturated heterocycles. The standard InChI is InChI=1S/C16H22N2O2/c1-3-5-13(19)10-17-15(20)8-12-9-18-16-11(2)6-4-7-14(12)16/h4,6-7,9,13,18-19H,3,5,8,10H2,1-2H3,(H,17,20). The van der Waals surface area contributed by atoms with Crippen molar-refractivity contribution in [3.05, 3.63) is 35.5 Å². The van der Waals surface area contributed by atoms with Crippen molar-refractivity contribution in [2.45, 2.75) is 39.2 Å². The molecule has 0 saturated carbocycles. The number of amides is 1. The molecule has 4 nitrogen and oxygen atoms in total. The van der Waals surface area contributed by atoms with Gasteiger partial charge in [-0.2, -0.15) is 0 Å². The van der Waals surface area contributed by atoms with Crippen LogP contribution in [0.15, 0.2) is 24.4 Å². The number of fused-ring (bicyclic) bond motifs is 1. The van der Waals surface area contributed by atoms with Crippen LogP contribution in [0.5, 0.6) is 0 Å². The number of rotatable bonds is 6. The van der Waals surface area contributed by atoms with Crippen molar-refractivity contribution >= 4 is 16.8 Å². The van der Waals surface area contributed by atoms with E-state index in [2.05, 4.69) is 10.3 Å². The molecule has 0 aliphatic heterocycles. The quantitative estimate of drug-likeness (QED) is 0.756. The molecule has 2 aromatic rings. The molecule has 1 aromatic heterocycles. The predicted octanol–water partition coefficient (Wildman–Crippen LogP) is 2.30. The van der Waals surface area contributed by atoms with Gasteiger partial charge in [-0.3, -0.25) is 4.79 Å². The summed E-state index contributed by atoms with van der Waals surface area (Å²) >= 11 is 0. The van der Waals surface area contributed by atoms with Gasteiger partial charge in [0.1, 0.15) is 0 Å². The van der Waals surface area contributed by atoms with Crippen LogP contribution >= 0.6 is 0 Å². The van der Waals surface area contributed by atoms with Gasteiger partial charge in [0.15, 0.2) is 0 Å². The molecule has 108 valence electrons. The molecular formula is C16H22N2O2. The summed E-state index contributed by atoms with van der Waals surface area (Å²) in [5, 5.41) is 13.5. The van der Waals surface area contributed by atoms with Crippen molar-refractivity contribution in [2.24, 2.45) is 0 Å². The minimum Gasteiger partial charge on any atom is -0.391 e. The number of aliphatic hydroxyl groups excluding tert-OH is 1. The van der Waals surface area contributed by atoms with Gasteiger partial charge in [-0.15, -0.1) is 0 Å². The summed E-state index contributed by atoms with van der Waals surface area (Å²) in [6.45, 7) is 4.39. The van der Waals surface area contributed by atoms with E-state index in [1.807, 2.05) is 38.2 Å². The Kier molecular flexibility index (Phi) is 4.79. The van der Waals surface area contributed by atoms with Crippen molar-refractivity contribution < 1.29 is 9.90 Å². The zero-order valence-electron chi connectivity index (χ0n) is 12.1. The molecule has 0 bridgehead atoms. The minimum atomic E-state index is -0.450. The van der Waals surface area contributed by atoms with Crippen LogP contribution in [0.25, 0.3) is 10.9 Å². The highest BCUT2D eigenvalue weighted by molar-refractivity contribution is 5.90. The van der Waals surface area contributed by atoms with Gasteiger partial charge in [0, 0.05) is 23.6 Å². The Morgan fingerprint density at radius 1 is 1.45 bits per heavy atom. The van der Waals surface area contributed by atoms with E-state index in [9.17, 15) is 9.90 Å². The molecule has 0 aliphatic rings. The average Bonchev–Trinajstić information content (AvgIpc) is 2.82. The van der Waals surface area contributed by atoms with Gasteiger partial charge in [-0.05, 0) is 24.5 Å². The van der Waals surface area contributed by atoms with Gasteiger partial charge in [0.2, 0.25) is 5.91 Å². The summed E-state index contributed by atoms with van der Waals surface area (Å²) in [7, 11) is 0. The smallest absolute Gasteiger partial charge is 0.224 e. The van der Waals surface area contributed by atoms with Gasteiger partial charge in [0.25, 0.3) is 0 Å². The second-order valence-electron chi connectivity index (χ2n) is 5.23. The van der Waals surface area contributed by atoms with Crippen LogP contribution in [-0.4, -0.2) is 28.6 Å². The summed E-state index contributed by atoms with van der Waals surface area (Å²) in [5.74, 6) is -0.0532. The van der Waals surface area contributed by atoms with Gasteiger partial charge in [-0.1, -0.05) is 31.5 Å². The molecule has 20 heavy (non-hydrogen) atoms. The third-order valence-electron chi connectivity index (χ3n) is 3.52. The van der Waals surface area contributed by atoms with Gasteiger partial charge in [-0.25, -0.2) is 0 Å². The predicted molar refractivity (Wildman–Crippen MR) is 80.7 cm³/mol. The van der Waals surface area contributed by atoms with Crippen LogP contribution < -0.4 is 5.32 Å². The first-order chi connectivity index (χ1) is 9.61. The normalized spacial score (nSPS) is 12.6. The van der Waals surface area contributed by atoms with Crippen LogP contribution in [0.2, 0.25) is 0 Å². The first-order valence-electron chi connectivity index (χ1n) is 7.12. The highest BCUT2D eigenvalue weighted by Crippen LogP contribution is 2.21. The minimum absolute atomic E-state index is 0.0532. The van der Waals surface area contributed by atoms with Crippen LogP contribution in [0.1, 0.15) is 30.9 Å². The number of aromatic amines is 1. The fourth-order valence-electron chi connectivity index (χ4n) is 2.41. The van der Waals surface area contributed by atoms with E-state index >= 15 is 0 Å². The number of carbonyl (C=O) groups excluding carboxylic acids is 1. The molecule has 2 rings (SSSR count). The second-order valence-corrected chi connectivity index (χ2v) is 5.23. The highest BCUT2D eigenvalue weighted by atomic mass is 16.3. The van der Waals surface area contributed by atoms with Gasteiger partial charge < -0.3 is 15.4 Å². The lowest BCUT2D eigenvalue weighted by Gasteiger charge is -2.10. The number of carbonyl (C=O) groups is 1. The lowest BCUT2D eigenvalue weighted by atomic mass is 10.1. The number of hydrogen-bond donors (Lipinski definition) is 3. The molecule has 0 spiro atoms. The van der Waals surface area contributed by atoms with Crippen molar-refractivity contribution in [1.29, 1.82) is 0 Å². The Balaban J connectivity index is 1.98. The number of benzene rings is 1. The van der Waals surface area contributed by atoms with Crippen LogP contribution in [0.3, 0.4) is 0 Å². The summed E-state index contributed by atoms with van der Waals surface area (Å²) in [5.41, 5.74) is 3.25. The maximum absolute atomic E-state index is 11.9. The molecule has 0 fully saturated rings. The highest BCUT2D eigenvalue weighted by Gasteiger charge is 2.11. The molecule has 1 heterocycles. The molecule has 1 unspecified atom stereocenters. The Hall–Kier alpha value is -1.81. The molecule has 0 aliphatic carbocycles. The SMILES string of the molecule is CCCC(O)CNC(=O)Cc1c[nH]c2c(C)cccc12. The van der Waals surface area contributed by atoms with Crippen molar-refractivity contribution in [1.82, 2.24) is 10.3 Å². The third kappa shape index (κ3) is 3.39. The van der Waals surface area contributed by atoms with Crippen LogP contribution in [-0.2, 0) is 11.2 Å². The maximum atomic E-state index is 11.9. The van der Waals surface area contributed by atoms with E-state index < -0.39 is 6.10 Å². The Bertz CT molecular complexity index is 589. The van der Waals surface area contributed by atoms with E-state index in [0.29, 0.717) is 19.4 Å². The second kappa shape index (κ2) is 6.57. The molecule has 0 radical (unpaired) electrons. The lowest BCUT2D eigenvalue weighted by Crippen LogP contribution is -2.32. The maximum Gasteiger partial charge on any atom is 0.224 e. The fraction of sp³-hybridized carbons (Fsp3) is 0.438.